The average molecular weight is 262 g/mol. The molecule has 0 bridgehead atoms. The molecule has 0 radical (unpaired) electrons. The molecule has 0 spiro atoms. The molecule has 1 aliphatic heterocycles. The molecule has 0 saturated carbocycles. The Morgan fingerprint density at radius 3 is 3.08 bits per heavy atom. The lowest BCUT2D eigenvalue weighted by Crippen LogP contribution is -2.36. The number of hydrogen-bond acceptors (Lipinski definition) is 2. The highest BCUT2D eigenvalue weighted by atomic mass is 79.9. The van der Waals surface area contributed by atoms with Crippen LogP contribution in [0.15, 0.2) is 0 Å². The number of halogens is 1. The third kappa shape index (κ3) is 3.61. The lowest BCUT2D eigenvalue weighted by molar-refractivity contribution is -0.115. The topological polar surface area (TPSA) is 29.1 Å². The van der Waals surface area contributed by atoms with Crippen molar-refractivity contribution in [1.82, 2.24) is 5.32 Å². The van der Waals surface area contributed by atoms with E-state index in [0.29, 0.717) is 0 Å². The van der Waals surface area contributed by atoms with Crippen LogP contribution in [0, 0.1) is 10.8 Å². The SMILES string of the molecule is CC1(CNC(=O)C#CBr)CCCS1. The molecular formula is C9H12BrNOS. The molecular weight excluding hydrogens is 250 g/mol. The minimum absolute atomic E-state index is 0.203. The van der Waals surface area contributed by atoms with Crippen LogP contribution in [-0.2, 0) is 4.79 Å². The molecule has 1 aliphatic rings. The Morgan fingerprint density at radius 1 is 1.77 bits per heavy atom. The Bertz CT molecular complexity index is 250. The van der Waals surface area contributed by atoms with Gasteiger partial charge in [-0.3, -0.25) is 4.79 Å². The molecule has 4 heteroatoms. The van der Waals surface area contributed by atoms with E-state index in [1.807, 2.05) is 11.8 Å². The van der Waals surface area contributed by atoms with E-state index >= 15 is 0 Å². The van der Waals surface area contributed by atoms with Gasteiger partial charge in [-0.25, -0.2) is 0 Å². The summed E-state index contributed by atoms with van der Waals surface area (Å²) in [5.41, 5.74) is 0. The molecule has 13 heavy (non-hydrogen) atoms. The maximum absolute atomic E-state index is 11.0. The van der Waals surface area contributed by atoms with Gasteiger partial charge in [0.2, 0.25) is 0 Å². The summed E-state index contributed by atoms with van der Waals surface area (Å²) in [6.45, 7) is 2.91. The van der Waals surface area contributed by atoms with Crippen molar-refractivity contribution in [3.8, 4) is 10.8 Å². The lowest BCUT2D eigenvalue weighted by atomic mass is 10.1. The summed E-state index contributed by atoms with van der Waals surface area (Å²) in [5.74, 6) is 3.40. The maximum Gasteiger partial charge on any atom is 0.296 e. The Morgan fingerprint density at radius 2 is 2.54 bits per heavy atom. The van der Waals surface area contributed by atoms with Crippen LogP contribution in [0.2, 0.25) is 0 Å². The summed E-state index contributed by atoms with van der Waals surface area (Å²) in [6, 6.07) is 0. The molecule has 1 heterocycles. The van der Waals surface area contributed by atoms with E-state index in [4.69, 9.17) is 0 Å². The largest absolute Gasteiger partial charge is 0.344 e. The van der Waals surface area contributed by atoms with Crippen molar-refractivity contribution in [2.75, 3.05) is 12.3 Å². The van der Waals surface area contributed by atoms with Crippen molar-refractivity contribution in [2.45, 2.75) is 24.5 Å². The molecule has 1 saturated heterocycles. The maximum atomic E-state index is 11.0. The fourth-order valence-corrected chi connectivity index (χ4v) is 2.76. The molecule has 0 aromatic rings. The summed E-state index contributed by atoms with van der Waals surface area (Å²) >= 11 is 4.82. The summed E-state index contributed by atoms with van der Waals surface area (Å²) in [6.07, 6.45) is 2.43. The normalized spacial score (nSPS) is 26.3. The van der Waals surface area contributed by atoms with Gasteiger partial charge in [0.15, 0.2) is 0 Å². The monoisotopic (exact) mass is 261 g/mol. The quantitative estimate of drug-likeness (QED) is 0.768. The number of amides is 1. The van der Waals surface area contributed by atoms with Gasteiger partial charge in [-0.2, -0.15) is 11.8 Å². The van der Waals surface area contributed by atoms with Gasteiger partial charge in [-0.1, -0.05) is 0 Å². The number of nitrogens with one attached hydrogen (secondary N) is 1. The first-order valence-corrected chi connectivity index (χ1v) is 5.98. The molecule has 1 fully saturated rings. The predicted molar refractivity (Wildman–Crippen MR) is 59.8 cm³/mol. The third-order valence-corrected chi connectivity index (χ3v) is 3.82. The fraction of sp³-hybridized carbons (Fsp3) is 0.667. The van der Waals surface area contributed by atoms with Gasteiger partial charge in [0.05, 0.1) is 0 Å². The van der Waals surface area contributed by atoms with Crippen molar-refractivity contribution in [3.63, 3.8) is 0 Å². The number of carbonyl (C=O) groups is 1. The molecule has 1 atom stereocenters. The standard InChI is InChI=1S/C9H12BrNOS/c1-9(4-2-6-13-9)7-11-8(12)3-5-10/h2,4,6-7H2,1H3,(H,11,12). The second-order valence-electron chi connectivity index (χ2n) is 3.30. The van der Waals surface area contributed by atoms with Crippen LogP contribution in [0.5, 0.6) is 0 Å². The summed E-state index contributed by atoms with van der Waals surface area (Å²) in [4.78, 5) is 13.4. The summed E-state index contributed by atoms with van der Waals surface area (Å²) < 4.78 is 0.226. The minimum Gasteiger partial charge on any atom is -0.344 e. The van der Waals surface area contributed by atoms with Gasteiger partial charge in [-0.05, 0) is 30.3 Å². The van der Waals surface area contributed by atoms with Crippen molar-refractivity contribution in [1.29, 1.82) is 0 Å². The first kappa shape index (κ1) is 10.9. The van der Waals surface area contributed by atoms with E-state index < -0.39 is 0 Å². The first-order valence-electron chi connectivity index (χ1n) is 4.20. The first-order chi connectivity index (χ1) is 6.16. The minimum atomic E-state index is -0.203. The molecule has 72 valence electrons. The zero-order valence-electron chi connectivity index (χ0n) is 7.52. The number of thioether (sulfide) groups is 1. The smallest absolute Gasteiger partial charge is 0.296 e. The van der Waals surface area contributed by atoms with Crippen molar-refractivity contribution in [3.05, 3.63) is 0 Å². The van der Waals surface area contributed by atoms with Crippen molar-refractivity contribution in [2.24, 2.45) is 0 Å². The van der Waals surface area contributed by atoms with Crippen LogP contribution < -0.4 is 5.32 Å². The fourth-order valence-electron chi connectivity index (χ4n) is 1.33. The Labute approximate surface area is 91.4 Å². The van der Waals surface area contributed by atoms with Crippen LogP contribution in [0.25, 0.3) is 0 Å². The van der Waals surface area contributed by atoms with Crippen LogP contribution >= 0.6 is 27.7 Å². The molecule has 2 nitrogen and oxygen atoms in total. The van der Waals surface area contributed by atoms with Gasteiger partial charge in [0, 0.05) is 33.1 Å². The van der Waals surface area contributed by atoms with E-state index in [9.17, 15) is 4.79 Å². The molecule has 1 N–H and O–H groups in total. The van der Waals surface area contributed by atoms with Crippen LogP contribution in [-0.4, -0.2) is 23.0 Å². The van der Waals surface area contributed by atoms with Crippen molar-refractivity contribution >= 4 is 33.6 Å². The second-order valence-corrected chi connectivity index (χ2v) is 5.38. The zero-order valence-corrected chi connectivity index (χ0v) is 9.93. The Balaban J connectivity index is 2.31. The second kappa shape index (κ2) is 4.92. The van der Waals surface area contributed by atoms with E-state index in [1.54, 1.807) is 0 Å². The van der Waals surface area contributed by atoms with E-state index in [0.717, 1.165) is 6.54 Å². The molecule has 1 amide bonds. The predicted octanol–water partition coefficient (Wildman–Crippen LogP) is 1.74. The molecule has 1 unspecified atom stereocenters. The average Bonchev–Trinajstić information content (AvgIpc) is 2.51. The molecule has 0 aromatic heterocycles. The number of carbonyl (C=O) groups excluding carboxylic acids is 1. The molecule has 0 aliphatic carbocycles. The third-order valence-electron chi connectivity index (χ3n) is 2.08. The van der Waals surface area contributed by atoms with Crippen LogP contribution in [0.3, 0.4) is 0 Å². The Kier molecular flexibility index (Phi) is 4.14. The highest BCUT2D eigenvalue weighted by Crippen LogP contribution is 2.36. The summed E-state index contributed by atoms with van der Waals surface area (Å²) in [7, 11) is 0. The molecule has 1 rings (SSSR count). The van der Waals surface area contributed by atoms with Gasteiger partial charge < -0.3 is 5.32 Å². The van der Waals surface area contributed by atoms with Crippen molar-refractivity contribution < 1.29 is 4.79 Å². The zero-order chi connectivity index (χ0) is 9.73. The Hall–Kier alpha value is -0.140. The lowest BCUT2D eigenvalue weighted by Gasteiger charge is -2.21. The van der Waals surface area contributed by atoms with Crippen LogP contribution in [0.4, 0.5) is 0 Å². The van der Waals surface area contributed by atoms with Gasteiger partial charge >= 0.3 is 0 Å². The number of rotatable bonds is 2. The highest BCUT2D eigenvalue weighted by Gasteiger charge is 2.29. The van der Waals surface area contributed by atoms with Gasteiger partial charge in [-0.15, -0.1) is 0 Å². The van der Waals surface area contributed by atoms with Crippen LogP contribution in [0.1, 0.15) is 19.8 Å². The van der Waals surface area contributed by atoms with Gasteiger partial charge in [0.25, 0.3) is 5.91 Å². The van der Waals surface area contributed by atoms with E-state index in [2.05, 4.69) is 38.9 Å². The molecule has 0 aromatic carbocycles. The summed E-state index contributed by atoms with van der Waals surface area (Å²) in [5, 5.41) is 2.80. The highest BCUT2D eigenvalue weighted by molar-refractivity contribution is 9.12. The number of hydrogen-bond donors (Lipinski definition) is 1. The van der Waals surface area contributed by atoms with E-state index in [-0.39, 0.29) is 10.7 Å². The van der Waals surface area contributed by atoms with E-state index in [1.165, 1.54) is 18.6 Å². The van der Waals surface area contributed by atoms with Gasteiger partial charge in [0.1, 0.15) is 0 Å².